The second kappa shape index (κ2) is 7.64. The molecule has 5 nitrogen and oxygen atoms in total. The Morgan fingerprint density at radius 1 is 1.24 bits per heavy atom. The molecular weight excluding hydrogens is 268 g/mol. The second-order valence-electron chi connectivity index (χ2n) is 5.58. The molecule has 1 heterocycles. The lowest BCUT2D eigenvalue weighted by Crippen LogP contribution is -2.45. The van der Waals surface area contributed by atoms with Crippen LogP contribution in [-0.4, -0.2) is 56.9 Å². The number of aliphatic hydroxyl groups excluding tert-OH is 1. The van der Waals surface area contributed by atoms with Gasteiger partial charge in [-0.05, 0) is 18.1 Å². The van der Waals surface area contributed by atoms with Crippen LogP contribution in [0.1, 0.15) is 18.6 Å². The first-order valence-corrected chi connectivity index (χ1v) is 7.48. The molecule has 1 aromatic rings. The molecule has 0 spiro atoms. The Hall–Kier alpha value is -1.30. The summed E-state index contributed by atoms with van der Waals surface area (Å²) < 4.78 is 10.6. The van der Waals surface area contributed by atoms with Crippen LogP contribution >= 0.6 is 0 Å². The average molecular weight is 294 g/mol. The van der Waals surface area contributed by atoms with Crippen molar-refractivity contribution in [2.75, 3.05) is 46.9 Å². The molecule has 1 aromatic carbocycles. The zero-order valence-corrected chi connectivity index (χ0v) is 13.1. The van der Waals surface area contributed by atoms with Crippen molar-refractivity contribution in [3.8, 4) is 11.5 Å². The van der Waals surface area contributed by atoms with Crippen molar-refractivity contribution in [2.45, 2.75) is 13.0 Å². The number of aliphatic hydroxyl groups is 1. The van der Waals surface area contributed by atoms with Crippen LogP contribution < -0.4 is 14.8 Å². The predicted octanol–water partition coefficient (Wildman–Crippen LogP) is 1.28. The number of benzene rings is 1. The van der Waals surface area contributed by atoms with E-state index in [4.69, 9.17) is 9.47 Å². The van der Waals surface area contributed by atoms with Gasteiger partial charge in [-0.2, -0.15) is 0 Å². The summed E-state index contributed by atoms with van der Waals surface area (Å²) >= 11 is 0. The van der Waals surface area contributed by atoms with Gasteiger partial charge in [0, 0.05) is 44.4 Å². The lowest BCUT2D eigenvalue weighted by Gasteiger charge is -2.31. The Balaban J connectivity index is 2.05. The Kier molecular flexibility index (Phi) is 5.85. The summed E-state index contributed by atoms with van der Waals surface area (Å²) in [7, 11) is 3.24. The third-order valence-electron chi connectivity index (χ3n) is 4.05. The molecule has 0 radical (unpaired) electrons. The van der Waals surface area contributed by atoms with Gasteiger partial charge in [0.2, 0.25) is 0 Å². The number of methoxy groups -OCH3 is 2. The molecule has 2 atom stereocenters. The molecule has 2 rings (SSSR count). The predicted molar refractivity (Wildman–Crippen MR) is 83.0 cm³/mol. The van der Waals surface area contributed by atoms with Crippen LogP contribution in [0, 0.1) is 5.92 Å². The standard InChI is InChI=1S/C16H26N2O3/c1-12(11-18-8-6-17-7-9-18)16(19)14-5-4-13(20-2)10-15(14)21-3/h4-5,10,12,16-17,19H,6-9,11H2,1-3H3. The van der Waals surface area contributed by atoms with E-state index >= 15 is 0 Å². The Bertz CT molecular complexity index is 447. The highest BCUT2D eigenvalue weighted by Crippen LogP contribution is 2.33. The molecule has 0 saturated carbocycles. The highest BCUT2D eigenvalue weighted by atomic mass is 16.5. The highest BCUT2D eigenvalue weighted by molar-refractivity contribution is 5.42. The van der Waals surface area contributed by atoms with Crippen LogP contribution in [-0.2, 0) is 0 Å². The quantitative estimate of drug-likeness (QED) is 0.828. The number of rotatable bonds is 6. The van der Waals surface area contributed by atoms with Crippen molar-refractivity contribution in [3.05, 3.63) is 23.8 Å². The van der Waals surface area contributed by atoms with Gasteiger partial charge >= 0.3 is 0 Å². The molecule has 1 saturated heterocycles. The van der Waals surface area contributed by atoms with Crippen molar-refractivity contribution in [1.82, 2.24) is 10.2 Å². The Morgan fingerprint density at radius 3 is 2.57 bits per heavy atom. The van der Waals surface area contributed by atoms with E-state index in [-0.39, 0.29) is 5.92 Å². The number of piperazine rings is 1. The first-order valence-electron chi connectivity index (χ1n) is 7.48. The molecule has 0 aromatic heterocycles. The molecule has 0 amide bonds. The highest BCUT2D eigenvalue weighted by Gasteiger charge is 2.23. The first kappa shape index (κ1) is 16.1. The van der Waals surface area contributed by atoms with Crippen molar-refractivity contribution in [1.29, 1.82) is 0 Å². The fourth-order valence-electron chi connectivity index (χ4n) is 2.77. The summed E-state index contributed by atoms with van der Waals surface area (Å²) in [6, 6.07) is 5.56. The SMILES string of the molecule is COc1ccc(C(O)C(C)CN2CCNCC2)c(OC)c1. The van der Waals surface area contributed by atoms with E-state index in [2.05, 4.69) is 17.1 Å². The van der Waals surface area contributed by atoms with Crippen LogP contribution in [0.4, 0.5) is 0 Å². The summed E-state index contributed by atoms with van der Waals surface area (Å²) in [5.41, 5.74) is 0.820. The first-order chi connectivity index (χ1) is 10.2. The zero-order valence-electron chi connectivity index (χ0n) is 13.1. The molecular formula is C16H26N2O3. The molecule has 1 aliphatic heterocycles. The summed E-state index contributed by atoms with van der Waals surface area (Å²) in [5, 5.41) is 14.0. The fraction of sp³-hybridized carbons (Fsp3) is 0.625. The average Bonchev–Trinajstić information content (AvgIpc) is 2.54. The maximum atomic E-state index is 10.6. The van der Waals surface area contributed by atoms with E-state index in [0.717, 1.165) is 44.0 Å². The van der Waals surface area contributed by atoms with Crippen LogP contribution in [0.3, 0.4) is 0 Å². The van der Waals surface area contributed by atoms with Gasteiger partial charge in [0.15, 0.2) is 0 Å². The number of hydrogen-bond donors (Lipinski definition) is 2. The van der Waals surface area contributed by atoms with Gasteiger partial charge in [-0.3, -0.25) is 0 Å². The lowest BCUT2D eigenvalue weighted by atomic mass is 9.95. The number of nitrogens with zero attached hydrogens (tertiary/aromatic N) is 1. The van der Waals surface area contributed by atoms with Crippen LogP contribution in [0.15, 0.2) is 18.2 Å². The minimum Gasteiger partial charge on any atom is -0.497 e. The molecule has 2 unspecified atom stereocenters. The molecule has 2 N–H and O–H groups in total. The van der Waals surface area contributed by atoms with Gasteiger partial charge < -0.3 is 24.8 Å². The molecule has 118 valence electrons. The normalized spacial score (nSPS) is 19.0. The van der Waals surface area contributed by atoms with Crippen molar-refractivity contribution in [2.24, 2.45) is 5.92 Å². The van der Waals surface area contributed by atoms with Crippen LogP contribution in [0.2, 0.25) is 0 Å². The van der Waals surface area contributed by atoms with Gasteiger partial charge in [0.05, 0.1) is 20.3 Å². The van der Waals surface area contributed by atoms with Crippen molar-refractivity contribution in [3.63, 3.8) is 0 Å². The molecule has 21 heavy (non-hydrogen) atoms. The molecule has 1 aliphatic rings. The lowest BCUT2D eigenvalue weighted by molar-refractivity contribution is 0.0821. The maximum Gasteiger partial charge on any atom is 0.128 e. The number of ether oxygens (including phenoxy) is 2. The number of nitrogens with one attached hydrogen (secondary N) is 1. The van der Waals surface area contributed by atoms with E-state index in [1.54, 1.807) is 14.2 Å². The third kappa shape index (κ3) is 4.09. The topological polar surface area (TPSA) is 54.0 Å². The summed E-state index contributed by atoms with van der Waals surface area (Å²) in [5.74, 6) is 1.55. The smallest absolute Gasteiger partial charge is 0.128 e. The largest absolute Gasteiger partial charge is 0.497 e. The maximum absolute atomic E-state index is 10.6. The fourth-order valence-corrected chi connectivity index (χ4v) is 2.77. The van der Waals surface area contributed by atoms with E-state index < -0.39 is 6.10 Å². The minimum atomic E-state index is -0.541. The summed E-state index contributed by atoms with van der Waals surface area (Å²) in [4.78, 5) is 2.39. The summed E-state index contributed by atoms with van der Waals surface area (Å²) in [6.07, 6.45) is -0.541. The Morgan fingerprint density at radius 2 is 1.95 bits per heavy atom. The zero-order chi connectivity index (χ0) is 15.2. The van der Waals surface area contributed by atoms with Crippen molar-refractivity contribution >= 4 is 0 Å². The third-order valence-corrected chi connectivity index (χ3v) is 4.05. The summed E-state index contributed by atoms with van der Waals surface area (Å²) in [6.45, 7) is 7.09. The molecule has 1 fully saturated rings. The molecule has 0 bridgehead atoms. The van der Waals surface area contributed by atoms with Gasteiger partial charge in [-0.25, -0.2) is 0 Å². The van der Waals surface area contributed by atoms with E-state index in [1.165, 1.54) is 0 Å². The monoisotopic (exact) mass is 294 g/mol. The van der Waals surface area contributed by atoms with Gasteiger partial charge in [-0.1, -0.05) is 6.92 Å². The van der Waals surface area contributed by atoms with Gasteiger partial charge in [0.1, 0.15) is 11.5 Å². The molecule has 0 aliphatic carbocycles. The van der Waals surface area contributed by atoms with Crippen LogP contribution in [0.5, 0.6) is 11.5 Å². The second-order valence-corrected chi connectivity index (χ2v) is 5.58. The minimum absolute atomic E-state index is 0.144. The van der Waals surface area contributed by atoms with E-state index in [0.29, 0.717) is 5.75 Å². The molecule has 5 heteroatoms. The van der Waals surface area contributed by atoms with Crippen molar-refractivity contribution < 1.29 is 14.6 Å². The van der Waals surface area contributed by atoms with E-state index in [1.807, 2.05) is 18.2 Å². The van der Waals surface area contributed by atoms with Gasteiger partial charge in [-0.15, -0.1) is 0 Å². The number of hydrogen-bond acceptors (Lipinski definition) is 5. The van der Waals surface area contributed by atoms with Gasteiger partial charge in [0.25, 0.3) is 0 Å². The van der Waals surface area contributed by atoms with E-state index in [9.17, 15) is 5.11 Å². The van der Waals surface area contributed by atoms with Crippen LogP contribution in [0.25, 0.3) is 0 Å². The Labute approximate surface area is 126 Å².